The minimum Gasteiger partial charge on any atom is -0.465 e. The number of carbonyl (C=O) groups excluding carboxylic acids is 2. The van der Waals surface area contributed by atoms with Crippen molar-refractivity contribution in [2.75, 3.05) is 13.7 Å². The number of nitrogens with zero attached hydrogens (tertiary/aromatic N) is 1. The number of carbonyl (C=O) groups is 2. The molecule has 128 valence electrons. The number of benzene rings is 1. The number of methoxy groups -OCH3 is 1. The zero-order chi connectivity index (χ0) is 17.5. The molecule has 0 spiro atoms. The third-order valence-electron chi connectivity index (χ3n) is 3.15. The summed E-state index contributed by atoms with van der Waals surface area (Å²) in [6, 6.07) is 7.11. The third-order valence-corrected chi connectivity index (χ3v) is 3.15. The van der Waals surface area contributed by atoms with Gasteiger partial charge in [0, 0.05) is 13.1 Å². The summed E-state index contributed by atoms with van der Waals surface area (Å²) in [6.07, 6.45) is 1.55. The Morgan fingerprint density at radius 2 is 1.91 bits per heavy atom. The predicted molar refractivity (Wildman–Crippen MR) is 89.3 cm³/mol. The highest BCUT2D eigenvalue weighted by atomic mass is 16.6. The van der Waals surface area contributed by atoms with E-state index in [4.69, 9.17) is 9.47 Å². The molecule has 0 radical (unpaired) electrons. The SMILES string of the molecule is CCCCN(Cc1cccc(C(=O)OC)c1)C(=O)OC(C)(C)C. The fourth-order valence-electron chi connectivity index (χ4n) is 2.05. The highest BCUT2D eigenvalue weighted by Crippen LogP contribution is 2.15. The summed E-state index contributed by atoms with van der Waals surface area (Å²) in [5, 5.41) is 0. The Hall–Kier alpha value is -2.04. The highest BCUT2D eigenvalue weighted by Gasteiger charge is 2.22. The Morgan fingerprint density at radius 1 is 1.22 bits per heavy atom. The molecule has 1 amide bonds. The molecule has 5 heteroatoms. The number of ether oxygens (including phenoxy) is 2. The fraction of sp³-hybridized carbons (Fsp3) is 0.556. The molecule has 1 aromatic carbocycles. The summed E-state index contributed by atoms with van der Waals surface area (Å²) in [7, 11) is 1.35. The first-order chi connectivity index (χ1) is 10.8. The van der Waals surface area contributed by atoms with E-state index in [0.717, 1.165) is 18.4 Å². The quantitative estimate of drug-likeness (QED) is 0.743. The lowest BCUT2D eigenvalue weighted by Crippen LogP contribution is -2.37. The molecule has 0 unspecified atom stereocenters. The zero-order valence-electron chi connectivity index (χ0n) is 14.7. The summed E-state index contributed by atoms with van der Waals surface area (Å²) in [5.41, 5.74) is 0.814. The molecule has 0 fully saturated rings. The Morgan fingerprint density at radius 3 is 2.48 bits per heavy atom. The summed E-state index contributed by atoms with van der Waals surface area (Å²) >= 11 is 0. The molecule has 0 aliphatic heterocycles. The Kier molecular flexibility index (Phi) is 7.07. The van der Waals surface area contributed by atoms with Gasteiger partial charge in [-0.3, -0.25) is 0 Å². The van der Waals surface area contributed by atoms with E-state index >= 15 is 0 Å². The van der Waals surface area contributed by atoms with Crippen LogP contribution in [0.2, 0.25) is 0 Å². The zero-order valence-corrected chi connectivity index (χ0v) is 14.7. The molecule has 0 N–H and O–H groups in total. The van der Waals surface area contributed by atoms with Crippen LogP contribution in [0.25, 0.3) is 0 Å². The van der Waals surface area contributed by atoms with E-state index in [1.165, 1.54) is 7.11 Å². The van der Waals surface area contributed by atoms with Crippen molar-refractivity contribution in [1.29, 1.82) is 0 Å². The predicted octanol–water partition coefficient (Wildman–Crippen LogP) is 4.01. The van der Waals surface area contributed by atoms with Crippen molar-refractivity contribution in [3.05, 3.63) is 35.4 Å². The van der Waals surface area contributed by atoms with Gasteiger partial charge in [-0.25, -0.2) is 9.59 Å². The second-order valence-electron chi connectivity index (χ2n) is 6.45. The van der Waals surface area contributed by atoms with E-state index < -0.39 is 5.60 Å². The van der Waals surface area contributed by atoms with Crippen molar-refractivity contribution in [3.8, 4) is 0 Å². The van der Waals surface area contributed by atoms with Crippen molar-refractivity contribution in [1.82, 2.24) is 4.90 Å². The largest absolute Gasteiger partial charge is 0.465 e. The minimum atomic E-state index is -0.532. The van der Waals surface area contributed by atoms with Crippen LogP contribution in [0.4, 0.5) is 4.79 Å². The summed E-state index contributed by atoms with van der Waals surface area (Å²) in [6.45, 7) is 8.64. The topological polar surface area (TPSA) is 55.8 Å². The van der Waals surface area contributed by atoms with Crippen LogP contribution in [0, 0.1) is 0 Å². The van der Waals surface area contributed by atoms with Crippen molar-refractivity contribution < 1.29 is 19.1 Å². The standard InChI is InChI=1S/C18H27NO4/c1-6-7-11-19(17(21)23-18(2,3)4)13-14-9-8-10-15(12-14)16(20)22-5/h8-10,12H,6-7,11,13H2,1-5H3. The maximum absolute atomic E-state index is 12.4. The van der Waals surface area contributed by atoms with Crippen LogP contribution in [0.5, 0.6) is 0 Å². The van der Waals surface area contributed by atoms with Gasteiger partial charge in [0.1, 0.15) is 5.60 Å². The molecule has 5 nitrogen and oxygen atoms in total. The van der Waals surface area contributed by atoms with Crippen molar-refractivity contribution in [2.24, 2.45) is 0 Å². The Labute approximate surface area is 138 Å². The van der Waals surface area contributed by atoms with Crippen LogP contribution in [0.15, 0.2) is 24.3 Å². The summed E-state index contributed by atoms with van der Waals surface area (Å²) in [4.78, 5) is 25.6. The van der Waals surface area contributed by atoms with E-state index in [1.54, 1.807) is 23.1 Å². The smallest absolute Gasteiger partial charge is 0.410 e. The molecule has 0 aliphatic carbocycles. The summed E-state index contributed by atoms with van der Waals surface area (Å²) in [5.74, 6) is -0.385. The molecule has 0 aromatic heterocycles. The van der Waals surface area contributed by atoms with E-state index in [-0.39, 0.29) is 12.1 Å². The van der Waals surface area contributed by atoms with E-state index in [1.807, 2.05) is 26.8 Å². The molecule has 1 aromatic rings. The van der Waals surface area contributed by atoms with Gasteiger partial charge in [0.25, 0.3) is 0 Å². The first kappa shape index (κ1) is 19.0. The van der Waals surface area contributed by atoms with Gasteiger partial charge in [-0.05, 0) is 44.9 Å². The molecule has 0 saturated heterocycles. The average Bonchev–Trinajstić information content (AvgIpc) is 2.49. The number of amides is 1. The fourth-order valence-corrected chi connectivity index (χ4v) is 2.05. The first-order valence-electron chi connectivity index (χ1n) is 7.92. The number of esters is 1. The molecule has 23 heavy (non-hydrogen) atoms. The van der Waals surface area contributed by atoms with Crippen LogP contribution in [0.1, 0.15) is 56.5 Å². The van der Waals surface area contributed by atoms with Gasteiger partial charge in [0.05, 0.1) is 12.7 Å². The lowest BCUT2D eigenvalue weighted by molar-refractivity contribution is 0.0231. The van der Waals surface area contributed by atoms with Gasteiger partial charge in [0.2, 0.25) is 0 Å². The molecule has 0 atom stereocenters. The maximum atomic E-state index is 12.4. The molecule has 1 rings (SSSR count). The van der Waals surface area contributed by atoms with Crippen molar-refractivity contribution >= 4 is 12.1 Å². The highest BCUT2D eigenvalue weighted by molar-refractivity contribution is 5.89. The molecular weight excluding hydrogens is 294 g/mol. The normalized spacial score (nSPS) is 11.0. The van der Waals surface area contributed by atoms with E-state index in [0.29, 0.717) is 18.7 Å². The van der Waals surface area contributed by atoms with Gasteiger partial charge in [-0.15, -0.1) is 0 Å². The molecular formula is C18H27NO4. The first-order valence-corrected chi connectivity index (χ1v) is 7.92. The second-order valence-corrected chi connectivity index (χ2v) is 6.45. The maximum Gasteiger partial charge on any atom is 0.410 e. The van der Waals surface area contributed by atoms with E-state index in [9.17, 15) is 9.59 Å². The van der Waals surface area contributed by atoms with Gasteiger partial charge >= 0.3 is 12.1 Å². The third kappa shape index (κ3) is 6.72. The molecule has 0 heterocycles. The summed E-state index contributed by atoms with van der Waals surface area (Å²) < 4.78 is 10.2. The van der Waals surface area contributed by atoms with Gasteiger partial charge in [0.15, 0.2) is 0 Å². The average molecular weight is 321 g/mol. The Balaban J connectivity index is 2.88. The second kappa shape index (κ2) is 8.56. The lowest BCUT2D eigenvalue weighted by Gasteiger charge is -2.27. The molecule has 0 aliphatic rings. The monoisotopic (exact) mass is 321 g/mol. The number of hydrogen-bond donors (Lipinski definition) is 0. The molecule has 0 saturated carbocycles. The Bertz CT molecular complexity index is 534. The van der Waals surface area contributed by atoms with Crippen LogP contribution in [-0.4, -0.2) is 36.2 Å². The number of unbranched alkanes of at least 4 members (excludes halogenated alkanes) is 1. The van der Waals surface area contributed by atoms with Gasteiger partial charge < -0.3 is 14.4 Å². The van der Waals surface area contributed by atoms with Gasteiger partial charge in [-0.2, -0.15) is 0 Å². The van der Waals surface area contributed by atoms with Crippen LogP contribution in [0.3, 0.4) is 0 Å². The number of rotatable bonds is 6. The van der Waals surface area contributed by atoms with Crippen LogP contribution in [-0.2, 0) is 16.0 Å². The lowest BCUT2D eigenvalue weighted by atomic mass is 10.1. The van der Waals surface area contributed by atoms with Crippen LogP contribution >= 0.6 is 0 Å². The van der Waals surface area contributed by atoms with E-state index in [2.05, 4.69) is 6.92 Å². The molecule has 0 bridgehead atoms. The number of hydrogen-bond acceptors (Lipinski definition) is 4. The van der Waals surface area contributed by atoms with Crippen LogP contribution < -0.4 is 0 Å². The van der Waals surface area contributed by atoms with Crippen molar-refractivity contribution in [3.63, 3.8) is 0 Å². The minimum absolute atomic E-state index is 0.338. The van der Waals surface area contributed by atoms with Gasteiger partial charge in [-0.1, -0.05) is 25.5 Å². The van der Waals surface area contributed by atoms with Crippen molar-refractivity contribution in [2.45, 2.75) is 52.7 Å².